The molecule has 0 heterocycles. The summed E-state index contributed by atoms with van der Waals surface area (Å²) < 4.78 is 0. The average molecular weight is 190 g/mol. The summed E-state index contributed by atoms with van der Waals surface area (Å²) in [5, 5.41) is 16.7. The van der Waals surface area contributed by atoms with Crippen LogP contribution in [0.1, 0.15) is 0 Å². The maximum absolute atomic E-state index is 8.33. The molecule has 3 nitrogen and oxygen atoms in total. The van der Waals surface area contributed by atoms with E-state index in [9.17, 15) is 0 Å². The van der Waals surface area contributed by atoms with Crippen molar-refractivity contribution in [2.24, 2.45) is 0 Å². The minimum atomic E-state index is -2.33. The first kappa shape index (κ1) is 15.7. The molecule has 5 heteroatoms. The van der Waals surface area contributed by atoms with Gasteiger partial charge < -0.3 is 15.0 Å². The summed E-state index contributed by atoms with van der Waals surface area (Å²) in [6.45, 7) is 0. The molecule has 0 radical (unpaired) electrons. The van der Waals surface area contributed by atoms with Crippen molar-refractivity contribution in [3.63, 3.8) is 0 Å². The molecule has 0 aromatic heterocycles. The second-order valence-electron chi connectivity index (χ2n) is 0.250. The van der Waals surface area contributed by atoms with Crippen molar-refractivity contribution in [3.05, 3.63) is 0 Å². The molecule has 6 heavy (non-hydrogen) atoms. The van der Waals surface area contributed by atoms with E-state index in [-0.39, 0.29) is 77.6 Å². The molecule has 0 amide bonds. The molecule has 0 aliphatic heterocycles. The molecule has 0 atom stereocenters. The topological polar surface area (TPSA) is 63.2 Å². The van der Waals surface area contributed by atoms with Gasteiger partial charge in [0.05, 0.1) is 0 Å². The SMILES string of the molecule is O=C([O-])[O-].[K+].[Zr+4]. The number of hydrogen-bond donors (Lipinski definition) is 0. The molecule has 0 aromatic carbocycles. The van der Waals surface area contributed by atoms with Gasteiger partial charge in [-0.3, -0.25) is 0 Å². The number of carbonyl (C=O) groups is 1. The second-order valence-corrected chi connectivity index (χ2v) is 0.250. The molecule has 0 bridgehead atoms. The predicted molar refractivity (Wildman–Crippen MR) is 5.40 cm³/mol. The summed E-state index contributed by atoms with van der Waals surface area (Å²) in [4.78, 5) is 8.33. The number of hydrogen-bond acceptors (Lipinski definition) is 3. The Morgan fingerprint density at radius 3 is 1.33 bits per heavy atom. The summed E-state index contributed by atoms with van der Waals surface area (Å²) in [5.74, 6) is 0. The van der Waals surface area contributed by atoms with Gasteiger partial charge in [0.2, 0.25) is 0 Å². The van der Waals surface area contributed by atoms with E-state index in [1.165, 1.54) is 0 Å². The molecule has 0 aliphatic carbocycles. The second kappa shape index (κ2) is 9.92. The van der Waals surface area contributed by atoms with Gasteiger partial charge in [0, 0.05) is 0 Å². The first-order valence-electron chi connectivity index (χ1n) is 0.612. The summed E-state index contributed by atoms with van der Waals surface area (Å²) in [6, 6.07) is 0. The molecule has 0 spiro atoms. The van der Waals surface area contributed by atoms with Gasteiger partial charge >= 0.3 is 77.6 Å². The van der Waals surface area contributed by atoms with Gasteiger partial charge in [0.25, 0.3) is 0 Å². The number of carboxylic acid groups (broad SMARTS) is 2. The van der Waals surface area contributed by atoms with E-state index in [4.69, 9.17) is 15.0 Å². The van der Waals surface area contributed by atoms with Crippen LogP contribution in [0.25, 0.3) is 0 Å². The fraction of sp³-hybridized carbons (Fsp3) is 0. The first-order chi connectivity index (χ1) is 1.73. The molecular weight excluding hydrogens is 190 g/mol. The van der Waals surface area contributed by atoms with Crippen LogP contribution in [-0.2, 0) is 26.2 Å². The van der Waals surface area contributed by atoms with Gasteiger partial charge in [-0.05, 0) is 6.16 Å². The van der Waals surface area contributed by atoms with Crippen molar-refractivity contribution in [2.45, 2.75) is 0 Å². The fourth-order valence-electron chi connectivity index (χ4n) is 0. The molecule has 24 valence electrons. The van der Waals surface area contributed by atoms with Crippen LogP contribution in [0, 0.1) is 0 Å². The fourth-order valence-corrected chi connectivity index (χ4v) is 0. The van der Waals surface area contributed by atoms with E-state index in [0.717, 1.165) is 0 Å². The Bertz CT molecular complexity index is 33.8. The molecule has 0 saturated heterocycles. The van der Waals surface area contributed by atoms with Crippen LogP contribution in [-0.4, -0.2) is 6.16 Å². The van der Waals surface area contributed by atoms with Gasteiger partial charge in [-0.1, -0.05) is 0 Å². The summed E-state index contributed by atoms with van der Waals surface area (Å²) in [5.41, 5.74) is 0. The van der Waals surface area contributed by atoms with E-state index in [0.29, 0.717) is 0 Å². The van der Waals surface area contributed by atoms with E-state index in [2.05, 4.69) is 0 Å². The van der Waals surface area contributed by atoms with Crippen molar-refractivity contribution in [1.29, 1.82) is 0 Å². The summed E-state index contributed by atoms with van der Waals surface area (Å²) in [7, 11) is 0. The van der Waals surface area contributed by atoms with Crippen molar-refractivity contribution >= 4 is 6.16 Å². The largest absolute Gasteiger partial charge is 4.00 e. The number of carbonyl (C=O) groups excluding carboxylic acids is 1. The van der Waals surface area contributed by atoms with Crippen LogP contribution in [0.3, 0.4) is 0 Å². The smallest absolute Gasteiger partial charge is 0.652 e. The average Bonchev–Trinajstić information content (AvgIpc) is 0.811. The zero-order chi connectivity index (χ0) is 3.58. The molecule has 0 aliphatic rings. The third-order valence-corrected chi connectivity index (χ3v) is 0. The van der Waals surface area contributed by atoms with E-state index in [1.807, 2.05) is 0 Å². The minimum absolute atomic E-state index is 0. The van der Waals surface area contributed by atoms with Crippen LogP contribution in [0.4, 0.5) is 4.79 Å². The molecular formula is CKO3Zr+3. The Morgan fingerprint density at radius 2 is 1.33 bits per heavy atom. The zero-order valence-corrected chi connectivity index (χ0v) is 8.81. The van der Waals surface area contributed by atoms with Crippen molar-refractivity contribution < 1.29 is 92.6 Å². The Morgan fingerprint density at radius 1 is 1.33 bits per heavy atom. The maximum atomic E-state index is 8.33. The van der Waals surface area contributed by atoms with Gasteiger partial charge in [-0.2, -0.15) is 0 Å². The minimum Gasteiger partial charge on any atom is -0.652 e. The van der Waals surface area contributed by atoms with Gasteiger partial charge in [0.1, 0.15) is 0 Å². The molecule has 0 unspecified atom stereocenters. The predicted octanol–water partition coefficient (Wildman–Crippen LogP) is -5.45. The van der Waals surface area contributed by atoms with Gasteiger partial charge in [-0.25, -0.2) is 0 Å². The maximum Gasteiger partial charge on any atom is 4.00 e. The Hall–Kier alpha value is 1.79. The van der Waals surface area contributed by atoms with Crippen molar-refractivity contribution in [2.75, 3.05) is 0 Å². The summed E-state index contributed by atoms with van der Waals surface area (Å²) in [6.07, 6.45) is -2.33. The summed E-state index contributed by atoms with van der Waals surface area (Å²) >= 11 is 0. The number of rotatable bonds is 0. The Labute approximate surface area is 96.7 Å². The standard InChI is InChI=1S/CH2O3.K.Zr/c2-1(3)4;;/h(H2,2,3,4);;/q;+1;+4/p-2. The molecule has 0 saturated carbocycles. The monoisotopic (exact) mass is 189 g/mol. The van der Waals surface area contributed by atoms with Crippen LogP contribution in [0.15, 0.2) is 0 Å². The molecule has 0 rings (SSSR count). The molecule has 0 fully saturated rings. The third-order valence-electron chi connectivity index (χ3n) is 0. The van der Waals surface area contributed by atoms with Crippen molar-refractivity contribution in [1.82, 2.24) is 0 Å². The van der Waals surface area contributed by atoms with E-state index < -0.39 is 6.16 Å². The van der Waals surface area contributed by atoms with Crippen molar-refractivity contribution in [3.8, 4) is 0 Å². The Balaban J connectivity index is -0.0000000450. The molecule has 0 N–H and O–H groups in total. The zero-order valence-electron chi connectivity index (χ0n) is 3.22. The van der Waals surface area contributed by atoms with E-state index >= 15 is 0 Å². The van der Waals surface area contributed by atoms with Gasteiger partial charge in [-0.15, -0.1) is 0 Å². The van der Waals surface area contributed by atoms with E-state index in [1.54, 1.807) is 0 Å². The van der Waals surface area contributed by atoms with Crippen LogP contribution in [0.2, 0.25) is 0 Å². The van der Waals surface area contributed by atoms with Crippen LogP contribution >= 0.6 is 0 Å². The Kier molecular flexibility index (Phi) is 25.9. The first-order valence-corrected chi connectivity index (χ1v) is 0.612. The normalized spacial score (nSPS) is 4.00. The third kappa shape index (κ3) is 41.5. The van der Waals surface area contributed by atoms with Gasteiger partial charge in [0.15, 0.2) is 0 Å². The van der Waals surface area contributed by atoms with Crippen LogP contribution in [0.5, 0.6) is 0 Å². The quantitative estimate of drug-likeness (QED) is 0.358. The molecule has 0 aromatic rings. The van der Waals surface area contributed by atoms with Crippen LogP contribution < -0.4 is 61.6 Å².